The molecule has 5 heteroatoms. The summed E-state index contributed by atoms with van der Waals surface area (Å²) in [6.07, 6.45) is 10.4. The molecule has 0 atom stereocenters. The van der Waals surface area contributed by atoms with Gasteiger partial charge in [0.05, 0.1) is 0 Å². The molecule has 1 aromatic carbocycles. The van der Waals surface area contributed by atoms with Gasteiger partial charge in [-0.3, -0.25) is 0 Å². The van der Waals surface area contributed by atoms with Crippen LogP contribution in [0.25, 0.3) is 0 Å². The van der Waals surface area contributed by atoms with E-state index in [4.69, 9.17) is 16.3 Å². The first-order chi connectivity index (χ1) is 11.2. The number of hydrogen-bond donors (Lipinski definition) is 0. The van der Waals surface area contributed by atoms with E-state index in [2.05, 4.69) is 13.8 Å². The first-order valence-corrected chi connectivity index (χ1v) is 14.7. The molecule has 23 heavy (non-hydrogen) atoms. The second-order valence-electron chi connectivity index (χ2n) is 5.64. The Kier molecular flexibility index (Phi) is 12.7. The van der Waals surface area contributed by atoms with Crippen molar-refractivity contribution < 1.29 is 4.52 Å². The molecule has 0 aliphatic rings. The SMILES string of the molecule is CCCCCCSP(=S)(Oc1ccccc1)SCCCCCC. The average molecular weight is 391 g/mol. The van der Waals surface area contributed by atoms with Crippen LogP contribution >= 0.6 is 27.4 Å². The molecule has 1 nitrogen and oxygen atoms in total. The summed E-state index contributed by atoms with van der Waals surface area (Å²) in [5.74, 6) is 3.19. The Bertz CT molecular complexity index is 421. The molecule has 0 bridgehead atoms. The van der Waals surface area contributed by atoms with E-state index >= 15 is 0 Å². The Morgan fingerprint density at radius 3 is 1.83 bits per heavy atom. The molecule has 0 aliphatic heterocycles. The van der Waals surface area contributed by atoms with Crippen LogP contribution in [0.2, 0.25) is 0 Å². The third-order valence-corrected chi connectivity index (χ3v) is 12.9. The van der Waals surface area contributed by atoms with Crippen LogP contribution in [-0.4, -0.2) is 11.5 Å². The summed E-state index contributed by atoms with van der Waals surface area (Å²) in [7, 11) is 0. The number of rotatable bonds is 14. The van der Waals surface area contributed by atoms with Gasteiger partial charge in [-0.05, 0) is 36.8 Å². The normalized spacial score (nSPS) is 11.6. The maximum Gasteiger partial charge on any atom is 0.222 e. The first kappa shape index (κ1) is 21.4. The standard InChI is InChI=1S/C18H31OPS3/c1-3-5-7-12-16-22-20(21,23-17-13-8-6-4-2)19-18-14-10-9-11-15-18/h9-11,14-15H,3-8,12-13,16-17H2,1-2H3. The molecule has 0 radical (unpaired) electrons. The number of hydrogen-bond acceptors (Lipinski definition) is 4. The molecular formula is C18H31OPS3. The predicted molar refractivity (Wildman–Crippen MR) is 115 cm³/mol. The number of para-hydroxylation sites is 1. The van der Waals surface area contributed by atoms with Gasteiger partial charge in [-0.2, -0.15) is 0 Å². The zero-order chi connectivity index (χ0) is 16.8. The van der Waals surface area contributed by atoms with Crippen LogP contribution in [0.4, 0.5) is 0 Å². The fourth-order valence-corrected chi connectivity index (χ4v) is 10.6. The summed E-state index contributed by atoms with van der Waals surface area (Å²) >= 11 is 9.75. The van der Waals surface area contributed by atoms with Crippen molar-refractivity contribution in [2.75, 3.05) is 11.5 Å². The van der Waals surface area contributed by atoms with Crippen molar-refractivity contribution in [2.24, 2.45) is 0 Å². The van der Waals surface area contributed by atoms with E-state index in [-0.39, 0.29) is 0 Å². The summed E-state index contributed by atoms with van der Waals surface area (Å²) in [5.41, 5.74) is 0. The van der Waals surface area contributed by atoms with Crippen molar-refractivity contribution in [1.82, 2.24) is 0 Å². The van der Waals surface area contributed by atoms with Crippen LogP contribution in [0.1, 0.15) is 65.2 Å². The van der Waals surface area contributed by atoms with Crippen LogP contribution in [-0.2, 0) is 11.8 Å². The molecule has 0 heterocycles. The smallest absolute Gasteiger partial charge is 0.222 e. The maximum atomic E-state index is 6.27. The number of unbranched alkanes of at least 4 members (excludes halogenated alkanes) is 6. The minimum atomic E-state index is -1.87. The van der Waals surface area contributed by atoms with Gasteiger partial charge in [0.1, 0.15) is 5.75 Å². The van der Waals surface area contributed by atoms with Crippen LogP contribution in [0.5, 0.6) is 5.75 Å². The summed E-state index contributed by atoms with van der Waals surface area (Å²) < 4.78 is 4.40. The molecule has 132 valence electrons. The highest BCUT2D eigenvalue weighted by atomic mass is 33.2. The third kappa shape index (κ3) is 10.8. The Balaban J connectivity index is 2.47. The molecule has 0 saturated heterocycles. The van der Waals surface area contributed by atoms with Gasteiger partial charge in [0.15, 0.2) is 0 Å². The van der Waals surface area contributed by atoms with Gasteiger partial charge in [-0.25, -0.2) is 0 Å². The minimum Gasteiger partial charge on any atom is -0.448 e. The van der Waals surface area contributed by atoms with Gasteiger partial charge in [0, 0.05) is 11.5 Å². The molecule has 0 aliphatic carbocycles. The van der Waals surface area contributed by atoms with Gasteiger partial charge in [-0.1, -0.05) is 93.3 Å². The third-order valence-electron chi connectivity index (χ3n) is 3.46. The average Bonchev–Trinajstić information content (AvgIpc) is 2.55. The van der Waals surface area contributed by atoms with Gasteiger partial charge in [-0.15, -0.1) is 0 Å². The molecule has 0 fully saturated rings. The highest BCUT2D eigenvalue weighted by Gasteiger charge is 2.20. The van der Waals surface area contributed by atoms with E-state index in [1.165, 1.54) is 51.4 Å². The van der Waals surface area contributed by atoms with E-state index in [1.807, 2.05) is 53.1 Å². The van der Waals surface area contributed by atoms with Gasteiger partial charge >= 0.3 is 0 Å². The monoisotopic (exact) mass is 390 g/mol. The van der Waals surface area contributed by atoms with Crippen molar-refractivity contribution in [3.8, 4) is 5.75 Å². The summed E-state index contributed by atoms with van der Waals surface area (Å²) in [4.78, 5) is 0. The largest absolute Gasteiger partial charge is 0.448 e. The van der Waals surface area contributed by atoms with E-state index < -0.39 is 4.67 Å². The minimum absolute atomic E-state index is 0.929. The van der Waals surface area contributed by atoms with Crippen LogP contribution in [0.15, 0.2) is 30.3 Å². The fraction of sp³-hybridized carbons (Fsp3) is 0.667. The van der Waals surface area contributed by atoms with Gasteiger partial charge in [0.25, 0.3) is 0 Å². The molecule has 0 unspecified atom stereocenters. The van der Waals surface area contributed by atoms with Crippen molar-refractivity contribution >= 4 is 39.2 Å². The van der Waals surface area contributed by atoms with E-state index in [0.29, 0.717) is 0 Å². The second-order valence-corrected chi connectivity index (χ2v) is 16.3. The van der Waals surface area contributed by atoms with Crippen LogP contribution < -0.4 is 4.52 Å². The van der Waals surface area contributed by atoms with Gasteiger partial charge < -0.3 is 4.52 Å². The zero-order valence-corrected chi connectivity index (χ0v) is 17.9. The highest BCUT2D eigenvalue weighted by molar-refractivity contribution is 8.99. The van der Waals surface area contributed by atoms with E-state index in [9.17, 15) is 0 Å². The summed E-state index contributed by atoms with van der Waals surface area (Å²) in [6.45, 7) is 4.50. The highest BCUT2D eigenvalue weighted by Crippen LogP contribution is 2.69. The van der Waals surface area contributed by atoms with Crippen LogP contribution in [0.3, 0.4) is 0 Å². The van der Waals surface area contributed by atoms with Crippen molar-refractivity contribution in [2.45, 2.75) is 65.2 Å². The van der Waals surface area contributed by atoms with E-state index in [0.717, 1.165) is 17.3 Å². The van der Waals surface area contributed by atoms with Crippen LogP contribution in [0, 0.1) is 0 Å². The van der Waals surface area contributed by atoms with Crippen molar-refractivity contribution in [3.05, 3.63) is 30.3 Å². The molecule has 0 saturated carbocycles. The lowest BCUT2D eigenvalue weighted by molar-refractivity contribution is 0.637. The van der Waals surface area contributed by atoms with Crippen molar-refractivity contribution in [1.29, 1.82) is 0 Å². The molecule has 1 rings (SSSR count). The summed E-state index contributed by atoms with van der Waals surface area (Å²) in [5, 5.41) is 0. The topological polar surface area (TPSA) is 9.23 Å². The summed E-state index contributed by atoms with van der Waals surface area (Å²) in [6, 6.07) is 10.1. The zero-order valence-electron chi connectivity index (χ0n) is 14.5. The molecular weight excluding hydrogens is 359 g/mol. The Labute approximate surface area is 156 Å². The van der Waals surface area contributed by atoms with Gasteiger partial charge in [0.2, 0.25) is 4.67 Å². The molecule has 0 aromatic heterocycles. The lowest BCUT2D eigenvalue weighted by atomic mass is 10.2. The Morgan fingerprint density at radius 1 is 0.826 bits per heavy atom. The molecule has 0 spiro atoms. The second kappa shape index (κ2) is 13.6. The fourth-order valence-electron chi connectivity index (χ4n) is 2.11. The molecule has 0 amide bonds. The number of benzene rings is 1. The van der Waals surface area contributed by atoms with E-state index in [1.54, 1.807) is 0 Å². The Morgan fingerprint density at radius 2 is 1.35 bits per heavy atom. The maximum absolute atomic E-state index is 6.27. The van der Waals surface area contributed by atoms with Crippen molar-refractivity contribution in [3.63, 3.8) is 0 Å². The lowest BCUT2D eigenvalue weighted by Crippen LogP contribution is -1.90. The Hall–Kier alpha value is 0.370. The first-order valence-electron chi connectivity index (χ1n) is 8.84. The molecule has 1 aromatic rings. The molecule has 0 N–H and O–H groups in total. The quantitative estimate of drug-likeness (QED) is 0.235. The predicted octanol–water partition coefficient (Wildman–Crippen LogP) is 7.92. The lowest BCUT2D eigenvalue weighted by Gasteiger charge is -2.22.